The Morgan fingerprint density at radius 2 is 1.83 bits per heavy atom. The molecule has 1 N–H and O–H groups in total. The fraction of sp³-hybridized carbons (Fsp3) is 0.600. The van der Waals surface area contributed by atoms with Crippen molar-refractivity contribution < 1.29 is 0 Å². The van der Waals surface area contributed by atoms with Crippen molar-refractivity contribution >= 4 is 23.2 Å². The van der Waals surface area contributed by atoms with Crippen molar-refractivity contribution in [2.24, 2.45) is 5.92 Å². The van der Waals surface area contributed by atoms with Crippen LogP contribution >= 0.6 is 23.2 Å². The summed E-state index contributed by atoms with van der Waals surface area (Å²) in [5.74, 6) is 0.663. The summed E-state index contributed by atoms with van der Waals surface area (Å²) < 4.78 is 0. The molecule has 1 aromatic rings. The maximum atomic E-state index is 6.27. The van der Waals surface area contributed by atoms with Gasteiger partial charge in [-0.15, -0.1) is 0 Å². The minimum Gasteiger partial charge on any atom is -0.314 e. The first-order valence-electron chi connectivity index (χ1n) is 6.88. The summed E-state index contributed by atoms with van der Waals surface area (Å²) in [6, 6.07) is 6.41. The summed E-state index contributed by atoms with van der Waals surface area (Å²) in [7, 11) is 0. The molecule has 0 bridgehead atoms. The van der Waals surface area contributed by atoms with Gasteiger partial charge in [0, 0.05) is 16.1 Å². The topological polar surface area (TPSA) is 12.0 Å². The summed E-state index contributed by atoms with van der Waals surface area (Å²) in [6.45, 7) is 3.21. The third kappa shape index (κ3) is 3.40. The number of rotatable bonds is 4. The minimum atomic E-state index is 0.621. The molecule has 0 spiro atoms. The molecule has 3 heteroatoms. The van der Waals surface area contributed by atoms with Crippen molar-refractivity contribution in [3.05, 3.63) is 33.8 Å². The highest BCUT2D eigenvalue weighted by atomic mass is 35.5. The van der Waals surface area contributed by atoms with Gasteiger partial charge < -0.3 is 5.32 Å². The average molecular weight is 286 g/mol. The lowest BCUT2D eigenvalue weighted by Gasteiger charge is -2.32. The van der Waals surface area contributed by atoms with Crippen LogP contribution in [0.3, 0.4) is 0 Å². The highest BCUT2D eigenvalue weighted by Gasteiger charge is 2.25. The van der Waals surface area contributed by atoms with Crippen LogP contribution in [0.4, 0.5) is 0 Å². The molecular weight excluding hydrogens is 265 g/mol. The molecule has 1 saturated carbocycles. The summed E-state index contributed by atoms with van der Waals surface area (Å²) in [6.07, 6.45) is 6.22. The third-order valence-corrected chi connectivity index (χ3v) is 4.61. The molecule has 0 aliphatic heterocycles. The number of nitrogens with one attached hydrogen (secondary N) is 1. The van der Waals surface area contributed by atoms with Crippen LogP contribution in [-0.4, -0.2) is 12.6 Å². The first-order valence-corrected chi connectivity index (χ1v) is 7.64. The van der Waals surface area contributed by atoms with Gasteiger partial charge in [0.2, 0.25) is 0 Å². The minimum absolute atomic E-state index is 0.621. The lowest BCUT2D eigenvalue weighted by molar-refractivity contribution is 0.264. The van der Waals surface area contributed by atoms with Crippen molar-refractivity contribution in [3.8, 4) is 0 Å². The molecule has 1 aliphatic carbocycles. The molecule has 1 aliphatic rings. The first-order chi connectivity index (χ1) is 8.72. The first kappa shape index (κ1) is 14.2. The Morgan fingerprint density at radius 3 is 2.50 bits per heavy atom. The van der Waals surface area contributed by atoms with Gasteiger partial charge in [-0.2, -0.15) is 0 Å². The second-order valence-electron chi connectivity index (χ2n) is 5.11. The Bertz CT molecular complexity index is 370. The van der Waals surface area contributed by atoms with Crippen LogP contribution in [0.5, 0.6) is 0 Å². The maximum absolute atomic E-state index is 6.27. The predicted molar refractivity (Wildman–Crippen MR) is 79.6 cm³/mol. The van der Waals surface area contributed by atoms with E-state index in [1.807, 2.05) is 18.2 Å². The van der Waals surface area contributed by atoms with Gasteiger partial charge in [-0.25, -0.2) is 0 Å². The van der Waals surface area contributed by atoms with E-state index >= 15 is 0 Å². The molecule has 0 radical (unpaired) electrons. The van der Waals surface area contributed by atoms with Crippen molar-refractivity contribution in [1.82, 2.24) is 5.32 Å². The maximum Gasteiger partial charge on any atom is 0.0452 e. The Kier molecular flexibility index (Phi) is 5.35. The zero-order valence-electron chi connectivity index (χ0n) is 10.9. The van der Waals surface area contributed by atoms with E-state index in [1.165, 1.54) is 25.7 Å². The van der Waals surface area contributed by atoms with Gasteiger partial charge in [0.15, 0.2) is 0 Å². The van der Waals surface area contributed by atoms with Crippen LogP contribution < -0.4 is 5.32 Å². The third-order valence-electron chi connectivity index (χ3n) is 3.90. The Morgan fingerprint density at radius 1 is 1.17 bits per heavy atom. The molecule has 2 unspecified atom stereocenters. The van der Waals surface area contributed by atoms with E-state index in [1.54, 1.807) is 0 Å². The quantitative estimate of drug-likeness (QED) is 0.845. The van der Waals surface area contributed by atoms with Gasteiger partial charge in [-0.05, 0) is 49.4 Å². The van der Waals surface area contributed by atoms with Crippen LogP contribution in [0.2, 0.25) is 10.0 Å². The summed E-state index contributed by atoms with van der Waals surface area (Å²) in [5, 5.41) is 5.22. The average Bonchev–Trinajstić information content (AvgIpc) is 2.36. The molecule has 100 valence electrons. The second kappa shape index (κ2) is 6.79. The monoisotopic (exact) mass is 285 g/mol. The van der Waals surface area contributed by atoms with Crippen molar-refractivity contribution in [1.29, 1.82) is 0 Å². The van der Waals surface area contributed by atoms with E-state index in [9.17, 15) is 0 Å². The van der Waals surface area contributed by atoms with Gasteiger partial charge in [-0.1, -0.05) is 49.0 Å². The van der Waals surface area contributed by atoms with E-state index in [0.29, 0.717) is 12.0 Å². The largest absolute Gasteiger partial charge is 0.314 e. The van der Waals surface area contributed by atoms with E-state index in [0.717, 1.165) is 28.6 Å². The van der Waals surface area contributed by atoms with Crippen LogP contribution in [0.25, 0.3) is 0 Å². The smallest absolute Gasteiger partial charge is 0.0452 e. The van der Waals surface area contributed by atoms with Gasteiger partial charge in [0.1, 0.15) is 0 Å². The summed E-state index contributed by atoms with van der Waals surface area (Å²) in [5.41, 5.74) is 1.12. The van der Waals surface area contributed by atoms with Gasteiger partial charge in [0.05, 0.1) is 0 Å². The highest BCUT2D eigenvalue weighted by molar-refractivity contribution is 6.35. The zero-order chi connectivity index (χ0) is 13.0. The van der Waals surface area contributed by atoms with Crippen molar-refractivity contribution in [2.45, 2.75) is 45.1 Å². The number of halogens is 2. The van der Waals surface area contributed by atoms with Crippen LogP contribution in [0.15, 0.2) is 18.2 Å². The lowest BCUT2D eigenvalue weighted by atomic mass is 9.80. The Hall–Kier alpha value is -0.240. The SMILES string of the molecule is CCNC1CCCCC1Cc1c(Cl)cccc1Cl. The highest BCUT2D eigenvalue weighted by Crippen LogP contribution is 2.32. The van der Waals surface area contributed by atoms with E-state index < -0.39 is 0 Å². The van der Waals surface area contributed by atoms with Crippen LogP contribution in [-0.2, 0) is 6.42 Å². The van der Waals surface area contributed by atoms with Crippen LogP contribution in [0.1, 0.15) is 38.2 Å². The lowest BCUT2D eigenvalue weighted by Crippen LogP contribution is -2.39. The van der Waals surface area contributed by atoms with Crippen LogP contribution in [0, 0.1) is 5.92 Å². The van der Waals surface area contributed by atoms with E-state index in [-0.39, 0.29) is 0 Å². The van der Waals surface area contributed by atoms with Gasteiger partial charge in [0.25, 0.3) is 0 Å². The standard InChI is InChI=1S/C15H21Cl2N/c1-2-18-15-9-4-3-6-11(15)10-12-13(16)7-5-8-14(12)17/h5,7-8,11,15,18H,2-4,6,9-10H2,1H3. The van der Waals surface area contributed by atoms with E-state index in [2.05, 4.69) is 12.2 Å². The Balaban J connectivity index is 2.11. The molecular formula is C15H21Cl2N. The number of benzene rings is 1. The second-order valence-corrected chi connectivity index (χ2v) is 5.93. The summed E-state index contributed by atoms with van der Waals surface area (Å²) >= 11 is 12.5. The van der Waals surface area contributed by atoms with Gasteiger partial charge in [-0.3, -0.25) is 0 Å². The van der Waals surface area contributed by atoms with E-state index in [4.69, 9.17) is 23.2 Å². The molecule has 2 atom stereocenters. The molecule has 1 nitrogen and oxygen atoms in total. The fourth-order valence-corrected chi connectivity index (χ4v) is 3.52. The molecule has 1 fully saturated rings. The molecule has 0 aromatic heterocycles. The molecule has 0 saturated heterocycles. The fourth-order valence-electron chi connectivity index (χ4n) is 2.97. The summed E-state index contributed by atoms with van der Waals surface area (Å²) in [4.78, 5) is 0. The predicted octanol–water partition coefficient (Wildman–Crippen LogP) is 4.70. The van der Waals surface area contributed by atoms with Crippen molar-refractivity contribution in [3.63, 3.8) is 0 Å². The Labute approximate surface area is 120 Å². The number of hydrogen-bond acceptors (Lipinski definition) is 1. The van der Waals surface area contributed by atoms with Crippen molar-refractivity contribution in [2.75, 3.05) is 6.54 Å². The zero-order valence-corrected chi connectivity index (χ0v) is 12.4. The molecule has 18 heavy (non-hydrogen) atoms. The molecule has 0 amide bonds. The molecule has 0 heterocycles. The number of hydrogen-bond donors (Lipinski definition) is 1. The normalized spacial score (nSPS) is 24.2. The van der Waals surface area contributed by atoms with Gasteiger partial charge >= 0.3 is 0 Å². The molecule has 1 aromatic carbocycles. The molecule has 2 rings (SSSR count).